The number of carbonyl (C=O) groups is 1. The number of piperidine rings is 1. The molecule has 0 atom stereocenters. The highest BCUT2D eigenvalue weighted by atomic mass is 32.2. The molecule has 1 aliphatic heterocycles. The summed E-state index contributed by atoms with van der Waals surface area (Å²) in [6, 6.07) is 7.44. The van der Waals surface area contributed by atoms with Crippen LogP contribution < -0.4 is 15.4 Å². The monoisotopic (exact) mass is 463 g/mol. The lowest BCUT2D eigenvalue weighted by Gasteiger charge is -2.32. The van der Waals surface area contributed by atoms with E-state index in [0.29, 0.717) is 50.3 Å². The highest BCUT2D eigenvalue weighted by Crippen LogP contribution is 2.19. The average molecular weight is 464 g/mol. The first kappa shape index (κ1) is 24.1. The molecule has 1 aliphatic rings. The van der Waals surface area contributed by atoms with Crippen LogP contribution in [-0.2, 0) is 16.6 Å². The van der Waals surface area contributed by atoms with E-state index in [1.165, 1.54) is 12.1 Å². The van der Waals surface area contributed by atoms with Crippen LogP contribution in [0.1, 0.15) is 37.4 Å². The van der Waals surface area contributed by atoms with Gasteiger partial charge in [0.25, 0.3) is 0 Å². The lowest BCUT2D eigenvalue weighted by atomic mass is 10.1. The molecule has 0 unspecified atom stereocenters. The van der Waals surface area contributed by atoms with E-state index in [9.17, 15) is 17.6 Å². The molecule has 1 aromatic carbocycles. The van der Waals surface area contributed by atoms with Gasteiger partial charge in [-0.1, -0.05) is 6.92 Å². The molecule has 2 amide bonds. The zero-order valence-electron chi connectivity index (χ0n) is 18.4. The summed E-state index contributed by atoms with van der Waals surface area (Å²) in [5, 5.41) is 5.32. The van der Waals surface area contributed by atoms with Gasteiger partial charge >= 0.3 is 6.03 Å². The van der Waals surface area contributed by atoms with Crippen molar-refractivity contribution in [1.29, 1.82) is 0 Å². The number of hydrogen-bond acceptors (Lipinski definition) is 5. The number of aryl methyl sites for hydroxylation is 1. The van der Waals surface area contributed by atoms with Gasteiger partial charge < -0.3 is 10.6 Å². The standard InChI is InChI=1S/C22H30FN5O3S/c1-3-10-32(30,31)27-19-6-8-28(9-7-19)15-17-11-18(23)13-21(12-17)26-22(29)25-20-5-4-16(2)24-14-20/h4-5,11-14,19,27H,3,6-10,15H2,1-2H3,(H2,25,26,29). The number of urea groups is 1. The Kier molecular flexibility index (Phi) is 8.16. The third-order valence-corrected chi connectivity index (χ3v) is 6.84. The minimum Gasteiger partial charge on any atom is -0.308 e. The molecular formula is C22H30FN5O3S. The fourth-order valence-corrected chi connectivity index (χ4v) is 5.10. The van der Waals surface area contributed by atoms with Gasteiger partial charge in [0.2, 0.25) is 10.0 Å². The summed E-state index contributed by atoms with van der Waals surface area (Å²) in [6.07, 6.45) is 3.55. The predicted octanol–water partition coefficient (Wildman–Crippen LogP) is 3.47. The molecule has 2 aromatic rings. The molecule has 1 fully saturated rings. The number of anilines is 2. The van der Waals surface area contributed by atoms with Gasteiger partial charge in [-0.05, 0) is 62.1 Å². The van der Waals surface area contributed by atoms with Gasteiger partial charge in [-0.2, -0.15) is 0 Å². The summed E-state index contributed by atoms with van der Waals surface area (Å²) in [6.45, 7) is 5.63. The van der Waals surface area contributed by atoms with Crippen molar-refractivity contribution in [3.05, 3.63) is 53.6 Å². The van der Waals surface area contributed by atoms with Crippen LogP contribution in [-0.4, -0.2) is 49.2 Å². The summed E-state index contributed by atoms with van der Waals surface area (Å²) < 4.78 is 40.8. The Morgan fingerprint density at radius 3 is 2.53 bits per heavy atom. The van der Waals surface area contributed by atoms with Crippen molar-refractivity contribution in [2.45, 2.75) is 45.7 Å². The minimum atomic E-state index is -3.22. The number of halogens is 1. The molecule has 3 N–H and O–H groups in total. The van der Waals surface area contributed by atoms with E-state index < -0.39 is 21.9 Å². The molecule has 0 bridgehead atoms. The summed E-state index contributed by atoms with van der Waals surface area (Å²) in [5.41, 5.74) is 2.48. The maximum atomic E-state index is 14.1. The van der Waals surface area contributed by atoms with Crippen molar-refractivity contribution in [3.63, 3.8) is 0 Å². The lowest BCUT2D eigenvalue weighted by molar-refractivity contribution is 0.200. The molecule has 1 aromatic heterocycles. The fraction of sp³-hybridized carbons (Fsp3) is 0.455. The summed E-state index contributed by atoms with van der Waals surface area (Å²) in [5.74, 6) is -0.294. The Morgan fingerprint density at radius 2 is 1.88 bits per heavy atom. The summed E-state index contributed by atoms with van der Waals surface area (Å²) >= 11 is 0. The van der Waals surface area contributed by atoms with Crippen LogP contribution in [0.15, 0.2) is 36.5 Å². The first-order valence-electron chi connectivity index (χ1n) is 10.7. The molecule has 174 valence electrons. The molecular weight excluding hydrogens is 433 g/mol. The first-order valence-corrected chi connectivity index (χ1v) is 12.4. The van der Waals surface area contributed by atoms with Crippen LogP contribution in [0.3, 0.4) is 0 Å². The number of sulfonamides is 1. The molecule has 1 saturated heterocycles. The van der Waals surface area contributed by atoms with E-state index in [0.717, 1.165) is 11.3 Å². The van der Waals surface area contributed by atoms with Crippen LogP contribution in [0.5, 0.6) is 0 Å². The largest absolute Gasteiger partial charge is 0.323 e. The third-order valence-electron chi connectivity index (χ3n) is 5.20. The van der Waals surface area contributed by atoms with E-state index >= 15 is 0 Å². The number of carbonyl (C=O) groups excluding carboxylic acids is 1. The Hall–Kier alpha value is -2.56. The highest BCUT2D eigenvalue weighted by Gasteiger charge is 2.23. The van der Waals surface area contributed by atoms with Crippen LogP contribution >= 0.6 is 0 Å². The second-order valence-corrected chi connectivity index (χ2v) is 9.98. The number of amides is 2. The predicted molar refractivity (Wildman–Crippen MR) is 124 cm³/mol. The van der Waals surface area contributed by atoms with Crippen LogP contribution in [0.25, 0.3) is 0 Å². The van der Waals surface area contributed by atoms with E-state index in [4.69, 9.17) is 0 Å². The maximum absolute atomic E-state index is 14.1. The molecule has 10 heteroatoms. The SMILES string of the molecule is CCCS(=O)(=O)NC1CCN(Cc2cc(F)cc(NC(=O)Nc3ccc(C)nc3)c2)CC1. The summed E-state index contributed by atoms with van der Waals surface area (Å²) in [4.78, 5) is 18.5. The lowest BCUT2D eigenvalue weighted by Crippen LogP contribution is -2.44. The highest BCUT2D eigenvalue weighted by molar-refractivity contribution is 7.89. The smallest absolute Gasteiger partial charge is 0.308 e. The van der Waals surface area contributed by atoms with E-state index in [2.05, 4.69) is 25.2 Å². The zero-order valence-corrected chi connectivity index (χ0v) is 19.2. The second kappa shape index (κ2) is 10.8. The molecule has 0 saturated carbocycles. The van der Waals surface area contributed by atoms with E-state index in [1.807, 2.05) is 13.8 Å². The molecule has 2 heterocycles. The molecule has 0 spiro atoms. The molecule has 0 aliphatic carbocycles. The number of pyridine rings is 1. The Morgan fingerprint density at radius 1 is 1.16 bits per heavy atom. The van der Waals surface area contributed by atoms with E-state index in [1.54, 1.807) is 24.4 Å². The van der Waals surface area contributed by atoms with Crippen molar-refractivity contribution in [2.24, 2.45) is 0 Å². The van der Waals surface area contributed by atoms with Crippen molar-refractivity contribution in [2.75, 3.05) is 29.5 Å². The first-order chi connectivity index (χ1) is 15.2. The molecule has 3 rings (SSSR count). The Bertz CT molecular complexity index is 1020. The number of hydrogen-bond donors (Lipinski definition) is 3. The zero-order chi connectivity index (χ0) is 23.1. The van der Waals surface area contributed by atoms with Crippen molar-refractivity contribution in [3.8, 4) is 0 Å². The van der Waals surface area contributed by atoms with Crippen molar-refractivity contribution >= 4 is 27.4 Å². The van der Waals surface area contributed by atoms with E-state index in [-0.39, 0.29) is 11.8 Å². The number of rotatable bonds is 8. The molecule has 8 nitrogen and oxygen atoms in total. The van der Waals surface area contributed by atoms with Gasteiger partial charge in [0.05, 0.1) is 17.6 Å². The van der Waals surface area contributed by atoms with Crippen molar-refractivity contribution in [1.82, 2.24) is 14.6 Å². The third kappa shape index (κ3) is 7.54. The second-order valence-electron chi connectivity index (χ2n) is 8.10. The van der Waals surface area contributed by atoms with Gasteiger partial charge in [0.15, 0.2) is 0 Å². The summed E-state index contributed by atoms with van der Waals surface area (Å²) in [7, 11) is -3.22. The number of aromatic nitrogens is 1. The number of nitrogens with one attached hydrogen (secondary N) is 3. The average Bonchev–Trinajstić information content (AvgIpc) is 2.70. The Labute approximate surface area is 188 Å². The topological polar surface area (TPSA) is 103 Å². The van der Waals surface area contributed by atoms with Crippen molar-refractivity contribution < 1.29 is 17.6 Å². The minimum absolute atomic E-state index is 0.0625. The van der Waals surface area contributed by atoms with Gasteiger partial charge in [-0.3, -0.25) is 9.88 Å². The van der Waals surface area contributed by atoms with Crippen LogP contribution in [0.2, 0.25) is 0 Å². The number of nitrogens with zero attached hydrogens (tertiary/aromatic N) is 2. The van der Waals surface area contributed by atoms with Crippen LogP contribution in [0, 0.1) is 12.7 Å². The quantitative estimate of drug-likeness (QED) is 0.556. The fourth-order valence-electron chi connectivity index (χ4n) is 3.70. The van der Waals surface area contributed by atoms with Gasteiger partial charge in [-0.15, -0.1) is 0 Å². The normalized spacial score (nSPS) is 15.5. The Balaban J connectivity index is 1.53. The molecule has 0 radical (unpaired) electrons. The number of benzene rings is 1. The van der Waals surface area contributed by atoms with Gasteiger partial charge in [-0.25, -0.2) is 22.3 Å². The van der Waals surface area contributed by atoms with Crippen LogP contribution in [0.4, 0.5) is 20.6 Å². The molecule has 32 heavy (non-hydrogen) atoms. The maximum Gasteiger partial charge on any atom is 0.323 e. The number of likely N-dealkylation sites (tertiary alicyclic amines) is 1. The van der Waals surface area contributed by atoms with Gasteiger partial charge in [0, 0.05) is 37.1 Å². The van der Waals surface area contributed by atoms with Gasteiger partial charge in [0.1, 0.15) is 5.82 Å².